The molecule has 6 heteroatoms. The summed E-state index contributed by atoms with van der Waals surface area (Å²) in [7, 11) is -1.64. The Morgan fingerprint density at radius 2 is 1.80 bits per heavy atom. The topological polar surface area (TPSA) is 59.0 Å². The van der Waals surface area contributed by atoms with Crippen LogP contribution in [0.5, 0.6) is 0 Å². The van der Waals surface area contributed by atoms with Crippen molar-refractivity contribution in [2.75, 3.05) is 13.2 Å². The molecule has 1 aliphatic rings. The van der Waals surface area contributed by atoms with E-state index >= 15 is 0 Å². The van der Waals surface area contributed by atoms with Gasteiger partial charge in [0, 0.05) is 19.4 Å². The van der Waals surface area contributed by atoms with Crippen LogP contribution in [0.3, 0.4) is 0 Å². The van der Waals surface area contributed by atoms with Gasteiger partial charge in [0.15, 0.2) is 8.32 Å². The van der Waals surface area contributed by atoms with Crippen LogP contribution in [0.1, 0.15) is 92.9 Å². The standard InChI is InChI=1S/C24H47NO4Si/c1-23(2,3)29-22(27)25-17-12-13-20(19-25)15-16-21(26)14-10-9-11-18-28-30(7,8)24(4,5)6/h19,21,26H,9-18H2,1-8H3/t21-/m1/s1. The molecule has 0 fully saturated rings. The van der Waals surface area contributed by atoms with Gasteiger partial charge >= 0.3 is 6.09 Å². The number of amides is 1. The van der Waals surface area contributed by atoms with Gasteiger partial charge in [0.1, 0.15) is 5.60 Å². The maximum absolute atomic E-state index is 12.2. The second kappa shape index (κ2) is 11.7. The first-order valence-electron chi connectivity index (χ1n) is 11.7. The molecule has 5 nitrogen and oxygen atoms in total. The van der Waals surface area contributed by atoms with Crippen molar-refractivity contribution in [1.82, 2.24) is 4.90 Å². The quantitative estimate of drug-likeness (QED) is 0.305. The van der Waals surface area contributed by atoms with E-state index in [2.05, 4.69) is 33.9 Å². The van der Waals surface area contributed by atoms with Crippen molar-refractivity contribution < 1.29 is 19.1 Å². The van der Waals surface area contributed by atoms with Gasteiger partial charge in [-0.05, 0) is 77.4 Å². The Morgan fingerprint density at radius 3 is 2.40 bits per heavy atom. The number of carbonyl (C=O) groups excluding carboxylic acids is 1. The second-order valence-electron chi connectivity index (χ2n) is 11.2. The van der Waals surface area contributed by atoms with Crippen LogP contribution in [-0.4, -0.2) is 49.3 Å². The molecule has 0 saturated heterocycles. The normalized spacial score (nSPS) is 17.0. The summed E-state index contributed by atoms with van der Waals surface area (Å²) in [5.74, 6) is 0. The first-order valence-corrected chi connectivity index (χ1v) is 14.6. The molecule has 0 aromatic heterocycles. The van der Waals surface area contributed by atoms with E-state index in [0.717, 1.165) is 58.0 Å². The third-order valence-corrected chi connectivity index (χ3v) is 10.7. The van der Waals surface area contributed by atoms with Gasteiger partial charge in [-0.3, -0.25) is 4.90 Å². The molecule has 1 aliphatic heterocycles. The van der Waals surface area contributed by atoms with Gasteiger partial charge in [0.25, 0.3) is 0 Å². The molecule has 1 rings (SSSR count). The summed E-state index contributed by atoms with van der Waals surface area (Å²) >= 11 is 0. The monoisotopic (exact) mass is 441 g/mol. The number of hydrogen-bond acceptors (Lipinski definition) is 4. The first-order chi connectivity index (χ1) is 13.7. The van der Waals surface area contributed by atoms with Gasteiger partial charge in [-0.1, -0.05) is 39.2 Å². The van der Waals surface area contributed by atoms with Gasteiger partial charge in [0.05, 0.1) is 6.10 Å². The van der Waals surface area contributed by atoms with E-state index in [1.54, 1.807) is 4.90 Å². The molecule has 0 saturated carbocycles. The summed E-state index contributed by atoms with van der Waals surface area (Å²) < 4.78 is 11.7. The molecule has 0 unspecified atom stereocenters. The van der Waals surface area contributed by atoms with E-state index in [0.29, 0.717) is 6.54 Å². The van der Waals surface area contributed by atoms with Crippen LogP contribution >= 0.6 is 0 Å². The van der Waals surface area contributed by atoms with Crippen molar-refractivity contribution in [1.29, 1.82) is 0 Å². The zero-order chi connectivity index (χ0) is 23.0. The Balaban J connectivity index is 2.25. The van der Waals surface area contributed by atoms with Crippen LogP contribution in [0.25, 0.3) is 0 Å². The molecule has 1 heterocycles. The highest BCUT2D eigenvalue weighted by Gasteiger charge is 2.36. The molecular formula is C24H47NO4Si. The minimum absolute atomic E-state index is 0.260. The molecule has 1 N–H and O–H groups in total. The molecular weight excluding hydrogens is 394 g/mol. The van der Waals surface area contributed by atoms with Crippen molar-refractivity contribution >= 4 is 14.4 Å². The lowest BCUT2D eigenvalue weighted by atomic mass is 9.98. The molecule has 0 bridgehead atoms. The van der Waals surface area contributed by atoms with Crippen molar-refractivity contribution in [3.8, 4) is 0 Å². The van der Waals surface area contributed by atoms with Gasteiger partial charge in [-0.2, -0.15) is 0 Å². The first kappa shape index (κ1) is 27.2. The smallest absolute Gasteiger partial charge is 0.414 e. The molecule has 0 spiro atoms. The number of allylic oxidation sites excluding steroid dienone is 1. The number of unbranched alkanes of at least 4 members (excludes halogenated alkanes) is 2. The third kappa shape index (κ3) is 10.4. The number of carbonyl (C=O) groups is 1. The maximum Gasteiger partial charge on any atom is 0.414 e. The Hall–Kier alpha value is -0.853. The highest BCUT2D eigenvalue weighted by atomic mass is 28.4. The fraction of sp³-hybridized carbons (Fsp3) is 0.875. The zero-order valence-electron chi connectivity index (χ0n) is 20.8. The second-order valence-corrected chi connectivity index (χ2v) is 16.0. The number of hydrogen-bond donors (Lipinski definition) is 1. The summed E-state index contributed by atoms with van der Waals surface area (Å²) in [6, 6.07) is 0. The molecule has 0 radical (unpaired) electrons. The number of aliphatic hydroxyl groups is 1. The fourth-order valence-electron chi connectivity index (χ4n) is 3.18. The van der Waals surface area contributed by atoms with Crippen molar-refractivity contribution in [3.05, 3.63) is 11.8 Å². The Kier molecular flexibility index (Phi) is 10.6. The Bertz CT molecular complexity index is 561. The summed E-state index contributed by atoms with van der Waals surface area (Å²) in [5, 5.41) is 10.6. The van der Waals surface area contributed by atoms with Crippen LogP contribution in [-0.2, 0) is 9.16 Å². The van der Waals surface area contributed by atoms with Crippen LogP contribution in [0.2, 0.25) is 18.1 Å². The lowest BCUT2D eigenvalue weighted by Crippen LogP contribution is -2.40. The number of rotatable bonds is 10. The lowest BCUT2D eigenvalue weighted by Gasteiger charge is -2.36. The largest absolute Gasteiger partial charge is 0.443 e. The number of aliphatic hydroxyl groups excluding tert-OH is 1. The highest BCUT2D eigenvalue weighted by Crippen LogP contribution is 2.36. The molecule has 1 atom stereocenters. The molecule has 0 aliphatic carbocycles. The Labute approximate surface area is 186 Å². The predicted molar refractivity (Wildman–Crippen MR) is 127 cm³/mol. The van der Waals surface area contributed by atoms with Crippen LogP contribution in [0.15, 0.2) is 11.8 Å². The van der Waals surface area contributed by atoms with E-state index in [1.807, 2.05) is 27.0 Å². The van der Waals surface area contributed by atoms with Crippen LogP contribution < -0.4 is 0 Å². The van der Waals surface area contributed by atoms with E-state index in [1.165, 1.54) is 5.57 Å². The summed E-state index contributed by atoms with van der Waals surface area (Å²) in [6.07, 6.45) is 8.96. The minimum Gasteiger partial charge on any atom is -0.443 e. The molecule has 1 amide bonds. The SMILES string of the molecule is CC(C)(C)OC(=O)N1C=C(CC[C@H](O)CCCCCO[Si](C)(C)C(C)(C)C)CCC1. The van der Waals surface area contributed by atoms with Gasteiger partial charge in [0.2, 0.25) is 0 Å². The molecule has 176 valence electrons. The van der Waals surface area contributed by atoms with E-state index in [4.69, 9.17) is 9.16 Å². The Morgan fingerprint density at radius 1 is 1.13 bits per heavy atom. The summed E-state index contributed by atoms with van der Waals surface area (Å²) in [4.78, 5) is 13.9. The highest BCUT2D eigenvalue weighted by molar-refractivity contribution is 6.74. The number of nitrogens with zero attached hydrogens (tertiary/aromatic N) is 1. The van der Waals surface area contributed by atoms with Gasteiger partial charge in [-0.15, -0.1) is 0 Å². The average Bonchev–Trinajstić information content (AvgIpc) is 2.60. The summed E-state index contributed by atoms with van der Waals surface area (Å²) in [6.45, 7) is 18.6. The molecule has 0 aromatic rings. The number of ether oxygens (including phenoxy) is 1. The van der Waals surface area contributed by atoms with Crippen molar-refractivity contribution in [3.63, 3.8) is 0 Å². The van der Waals surface area contributed by atoms with Crippen molar-refractivity contribution in [2.45, 2.75) is 123 Å². The maximum atomic E-state index is 12.2. The van der Waals surface area contributed by atoms with Crippen LogP contribution in [0.4, 0.5) is 4.79 Å². The van der Waals surface area contributed by atoms with Gasteiger partial charge < -0.3 is 14.3 Å². The summed E-state index contributed by atoms with van der Waals surface area (Å²) in [5.41, 5.74) is 0.753. The van der Waals surface area contributed by atoms with Gasteiger partial charge in [-0.25, -0.2) is 4.79 Å². The minimum atomic E-state index is -1.64. The third-order valence-electron chi connectivity index (χ3n) is 6.11. The van der Waals surface area contributed by atoms with E-state index in [9.17, 15) is 9.90 Å². The van der Waals surface area contributed by atoms with Crippen LogP contribution in [0, 0.1) is 0 Å². The predicted octanol–water partition coefficient (Wildman–Crippen LogP) is 6.62. The molecule has 0 aromatic carbocycles. The zero-order valence-corrected chi connectivity index (χ0v) is 21.8. The average molecular weight is 442 g/mol. The van der Waals surface area contributed by atoms with E-state index in [-0.39, 0.29) is 17.2 Å². The molecule has 30 heavy (non-hydrogen) atoms. The van der Waals surface area contributed by atoms with E-state index < -0.39 is 13.9 Å². The lowest BCUT2D eigenvalue weighted by molar-refractivity contribution is 0.0323. The van der Waals surface area contributed by atoms with Crippen molar-refractivity contribution in [2.24, 2.45) is 0 Å². The fourth-order valence-corrected chi connectivity index (χ4v) is 4.27.